The third kappa shape index (κ3) is 6.89. The van der Waals surface area contributed by atoms with Gasteiger partial charge in [0.2, 0.25) is 5.91 Å². The number of likely N-dealkylation sites (tertiary alicyclic amines) is 1. The van der Waals surface area contributed by atoms with Crippen LogP contribution in [0, 0.1) is 0 Å². The van der Waals surface area contributed by atoms with Crippen LogP contribution in [0.15, 0.2) is 0 Å². The summed E-state index contributed by atoms with van der Waals surface area (Å²) in [6.07, 6.45) is 4.25. The Labute approximate surface area is 87.4 Å². The predicted molar refractivity (Wildman–Crippen MR) is 58.3 cm³/mol. The van der Waals surface area contributed by atoms with Crippen LogP contribution in [0.3, 0.4) is 0 Å². The minimum Gasteiger partial charge on any atom is -0.382 e. The molecule has 1 rings (SSSR count). The Morgan fingerprint density at radius 2 is 2.14 bits per heavy atom. The lowest BCUT2D eigenvalue weighted by Crippen LogP contribution is -2.17. The van der Waals surface area contributed by atoms with Crippen molar-refractivity contribution in [3.05, 3.63) is 0 Å². The van der Waals surface area contributed by atoms with Crippen LogP contribution in [0.2, 0.25) is 0 Å². The fraction of sp³-hybridized carbons (Fsp3) is 0.909. The molecule has 0 N–H and O–H groups in total. The molecule has 3 heteroatoms. The number of hydrogen-bond donors (Lipinski definition) is 0. The second kappa shape index (κ2) is 9.00. The number of unbranched alkanes of at least 4 members (excludes halogenated alkanes) is 1. The van der Waals surface area contributed by atoms with Crippen LogP contribution in [0.4, 0.5) is 0 Å². The average Bonchev–Trinajstić information content (AvgIpc) is 2.53. The maximum atomic E-state index is 10.5. The molecule has 0 aromatic heterocycles. The fourth-order valence-electron chi connectivity index (χ4n) is 1.17. The van der Waals surface area contributed by atoms with Crippen LogP contribution < -0.4 is 0 Å². The maximum Gasteiger partial charge on any atom is 0.222 e. The molecule has 14 heavy (non-hydrogen) atoms. The van der Waals surface area contributed by atoms with Crippen molar-refractivity contribution >= 4 is 5.91 Å². The third-order valence-corrected chi connectivity index (χ3v) is 2.16. The first-order valence-corrected chi connectivity index (χ1v) is 5.54. The molecular formula is C11H23NO2. The standard InChI is InChI=1S/C6H14O.C5H9NO/c1-3-5-6-7-4-2;1-6-4-2-3-5(6)7/h3-6H2,1-2H3;2-4H2,1H3. The van der Waals surface area contributed by atoms with E-state index in [4.69, 9.17) is 4.74 Å². The molecule has 1 heterocycles. The predicted octanol–water partition coefficient (Wildman–Crippen LogP) is 2.06. The summed E-state index contributed by atoms with van der Waals surface area (Å²) in [6, 6.07) is 0. The Bertz CT molecular complexity index is 144. The van der Waals surface area contributed by atoms with Crippen molar-refractivity contribution in [3.8, 4) is 0 Å². The summed E-state index contributed by atoms with van der Waals surface area (Å²) in [7, 11) is 1.84. The molecule has 3 nitrogen and oxygen atoms in total. The van der Waals surface area contributed by atoms with E-state index in [0.717, 1.165) is 32.6 Å². The van der Waals surface area contributed by atoms with Gasteiger partial charge in [-0.05, 0) is 19.8 Å². The number of amides is 1. The van der Waals surface area contributed by atoms with Crippen LogP contribution in [0.5, 0.6) is 0 Å². The number of carbonyl (C=O) groups is 1. The number of nitrogens with zero attached hydrogens (tertiary/aromatic N) is 1. The molecule has 1 amide bonds. The van der Waals surface area contributed by atoms with Gasteiger partial charge >= 0.3 is 0 Å². The highest BCUT2D eigenvalue weighted by Crippen LogP contribution is 2.04. The van der Waals surface area contributed by atoms with Crippen molar-refractivity contribution in [2.45, 2.75) is 39.5 Å². The highest BCUT2D eigenvalue weighted by molar-refractivity contribution is 5.77. The summed E-state index contributed by atoms with van der Waals surface area (Å²) in [5.74, 6) is 0.292. The highest BCUT2D eigenvalue weighted by atomic mass is 16.5. The average molecular weight is 201 g/mol. The van der Waals surface area contributed by atoms with E-state index in [-0.39, 0.29) is 0 Å². The lowest BCUT2D eigenvalue weighted by molar-refractivity contribution is -0.126. The number of ether oxygens (including phenoxy) is 1. The molecule has 1 aliphatic heterocycles. The quantitative estimate of drug-likeness (QED) is 0.652. The molecule has 0 aromatic rings. The van der Waals surface area contributed by atoms with Crippen molar-refractivity contribution in [1.29, 1.82) is 0 Å². The molecular weight excluding hydrogens is 178 g/mol. The van der Waals surface area contributed by atoms with Gasteiger partial charge in [0, 0.05) is 33.2 Å². The molecule has 84 valence electrons. The second-order valence-electron chi connectivity index (χ2n) is 3.47. The van der Waals surface area contributed by atoms with E-state index >= 15 is 0 Å². The van der Waals surface area contributed by atoms with Gasteiger partial charge in [-0.3, -0.25) is 4.79 Å². The summed E-state index contributed by atoms with van der Waals surface area (Å²) in [5, 5.41) is 0. The van der Waals surface area contributed by atoms with E-state index in [9.17, 15) is 4.79 Å². The van der Waals surface area contributed by atoms with E-state index in [0.29, 0.717) is 5.91 Å². The number of carbonyl (C=O) groups excluding carboxylic acids is 1. The fourth-order valence-corrected chi connectivity index (χ4v) is 1.17. The van der Waals surface area contributed by atoms with E-state index in [1.165, 1.54) is 12.8 Å². The summed E-state index contributed by atoms with van der Waals surface area (Å²) in [4.78, 5) is 12.3. The van der Waals surface area contributed by atoms with Gasteiger partial charge in [-0.15, -0.1) is 0 Å². The summed E-state index contributed by atoms with van der Waals surface area (Å²) < 4.78 is 5.07. The lowest BCUT2D eigenvalue weighted by atomic mass is 10.4. The van der Waals surface area contributed by atoms with E-state index in [2.05, 4.69) is 6.92 Å². The van der Waals surface area contributed by atoms with Gasteiger partial charge in [-0.1, -0.05) is 13.3 Å². The van der Waals surface area contributed by atoms with Gasteiger partial charge in [0.25, 0.3) is 0 Å². The number of hydrogen-bond acceptors (Lipinski definition) is 2. The van der Waals surface area contributed by atoms with E-state index in [1.54, 1.807) is 4.90 Å². The van der Waals surface area contributed by atoms with Gasteiger partial charge in [0.05, 0.1) is 0 Å². The number of rotatable bonds is 4. The molecule has 1 aliphatic rings. The Morgan fingerprint density at radius 1 is 1.43 bits per heavy atom. The molecule has 0 radical (unpaired) electrons. The second-order valence-corrected chi connectivity index (χ2v) is 3.47. The van der Waals surface area contributed by atoms with Gasteiger partial charge in [-0.25, -0.2) is 0 Å². The largest absolute Gasteiger partial charge is 0.382 e. The van der Waals surface area contributed by atoms with Crippen molar-refractivity contribution in [2.75, 3.05) is 26.8 Å². The van der Waals surface area contributed by atoms with Gasteiger partial charge in [0.15, 0.2) is 0 Å². The Hall–Kier alpha value is -0.570. The first-order chi connectivity index (χ1) is 6.72. The van der Waals surface area contributed by atoms with Crippen molar-refractivity contribution < 1.29 is 9.53 Å². The third-order valence-electron chi connectivity index (χ3n) is 2.16. The van der Waals surface area contributed by atoms with Gasteiger partial charge in [0.1, 0.15) is 0 Å². The molecule has 1 fully saturated rings. The van der Waals surface area contributed by atoms with Crippen LogP contribution in [-0.2, 0) is 9.53 Å². The minimum atomic E-state index is 0.292. The van der Waals surface area contributed by atoms with Crippen LogP contribution in [-0.4, -0.2) is 37.6 Å². The molecule has 0 spiro atoms. The highest BCUT2D eigenvalue weighted by Gasteiger charge is 2.14. The zero-order valence-corrected chi connectivity index (χ0v) is 9.71. The first kappa shape index (κ1) is 13.4. The van der Waals surface area contributed by atoms with Crippen molar-refractivity contribution in [3.63, 3.8) is 0 Å². The van der Waals surface area contributed by atoms with E-state index in [1.807, 2.05) is 14.0 Å². The zero-order chi connectivity index (χ0) is 10.8. The van der Waals surface area contributed by atoms with Crippen LogP contribution in [0.25, 0.3) is 0 Å². The summed E-state index contributed by atoms with van der Waals surface area (Å²) in [6.45, 7) is 6.94. The Balaban J connectivity index is 0.000000241. The molecule has 0 aromatic carbocycles. The normalized spacial score (nSPS) is 15.4. The molecule has 0 bridgehead atoms. The monoisotopic (exact) mass is 201 g/mol. The zero-order valence-electron chi connectivity index (χ0n) is 9.71. The smallest absolute Gasteiger partial charge is 0.222 e. The summed E-state index contributed by atoms with van der Waals surface area (Å²) >= 11 is 0. The molecule has 1 saturated heterocycles. The Morgan fingerprint density at radius 3 is 2.43 bits per heavy atom. The lowest BCUT2D eigenvalue weighted by Gasteiger charge is -2.03. The summed E-state index contributed by atoms with van der Waals surface area (Å²) in [5.41, 5.74) is 0. The van der Waals surface area contributed by atoms with Crippen molar-refractivity contribution in [1.82, 2.24) is 4.90 Å². The van der Waals surface area contributed by atoms with Crippen LogP contribution in [0.1, 0.15) is 39.5 Å². The molecule has 0 saturated carbocycles. The van der Waals surface area contributed by atoms with E-state index < -0.39 is 0 Å². The minimum absolute atomic E-state index is 0.292. The molecule has 0 atom stereocenters. The first-order valence-electron chi connectivity index (χ1n) is 5.54. The topological polar surface area (TPSA) is 29.5 Å². The van der Waals surface area contributed by atoms with Crippen molar-refractivity contribution in [2.24, 2.45) is 0 Å². The van der Waals surface area contributed by atoms with Crippen LogP contribution >= 0.6 is 0 Å². The molecule has 0 aliphatic carbocycles. The SMILES string of the molecule is CCCCOCC.CN1CCCC1=O. The van der Waals surface area contributed by atoms with Gasteiger partial charge in [-0.2, -0.15) is 0 Å². The maximum absolute atomic E-state index is 10.5. The van der Waals surface area contributed by atoms with Gasteiger partial charge < -0.3 is 9.64 Å². The Kier molecular flexibility index (Phi) is 8.64. The molecule has 0 unspecified atom stereocenters.